The highest BCUT2D eigenvalue weighted by molar-refractivity contribution is 7.99. The van der Waals surface area contributed by atoms with E-state index in [-0.39, 0.29) is 6.61 Å². The summed E-state index contributed by atoms with van der Waals surface area (Å²) in [7, 11) is 0. The van der Waals surface area contributed by atoms with Gasteiger partial charge in [-0.25, -0.2) is 9.97 Å². The number of anilines is 1. The van der Waals surface area contributed by atoms with E-state index < -0.39 is 6.10 Å². The zero-order valence-electron chi connectivity index (χ0n) is 14.3. The zero-order chi connectivity index (χ0) is 17.5. The molecule has 3 rings (SSSR count). The second-order valence-electron chi connectivity index (χ2n) is 5.84. The fourth-order valence-electron chi connectivity index (χ4n) is 2.47. The summed E-state index contributed by atoms with van der Waals surface area (Å²) >= 11 is 1.45. The number of benzene rings is 1. The summed E-state index contributed by atoms with van der Waals surface area (Å²) in [5, 5.41) is 10.8. The number of hydrogen-bond acceptors (Lipinski definition) is 7. The second kappa shape index (κ2) is 9.03. The predicted octanol–water partition coefficient (Wildman–Crippen LogP) is 2.15. The number of rotatable bonds is 7. The van der Waals surface area contributed by atoms with Crippen molar-refractivity contribution in [2.45, 2.75) is 18.2 Å². The minimum atomic E-state index is -0.582. The first kappa shape index (κ1) is 18.0. The molecule has 1 fully saturated rings. The van der Waals surface area contributed by atoms with Crippen LogP contribution in [0.5, 0.6) is 5.75 Å². The van der Waals surface area contributed by atoms with Crippen molar-refractivity contribution in [2.24, 2.45) is 0 Å². The van der Waals surface area contributed by atoms with Crippen LogP contribution < -0.4 is 9.64 Å². The minimum Gasteiger partial charge on any atom is -0.491 e. The first-order valence-corrected chi connectivity index (χ1v) is 9.36. The van der Waals surface area contributed by atoms with Gasteiger partial charge in [0.05, 0.1) is 19.3 Å². The molecule has 1 atom stereocenters. The first-order chi connectivity index (χ1) is 12.2. The van der Waals surface area contributed by atoms with Crippen molar-refractivity contribution in [3.8, 4) is 5.75 Å². The van der Waals surface area contributed by atoms with E-state index in [1.807, 2.05) is 43.3 Å². The smallest absolute Gasteiger partial charge is 0.189 e. The lowest BCUT2D eigenvalue weighted by atomic mass is 10.3. The van der Waals surface area contributed by atoms with Gasteiger partial charge in [-0.2, -0.15) is 0 Å². The summed E-state index contributed by atoms with van der Waals surface area (Å²) in [6.07, 6.45) is -0.582. The molecule has 0 saturated carbocycles. The lowest BCUT2D eigenvalue weighted by Crippen LogP contribution is -2.36. The highest BCUT2D eigenvalue weighted by Gasteiger charge is 2.15. The van der Waals surface area contributed by atoms with E-state index >= 15 is 0 Å². The van der Waals surface area contributed by atoms with Crippen LogP contribution in [0.2, 0.25) is 0 Å². The maximum atomic E-state index is 10.1. The van der Waals surface area contributed by atoms with Gasteiger partial charge in [0.2, 0.25) is 0 Å². The van der Waals surface area contributed by atoms with Gasteiger partial charge in [-0.15, -0.1) is 0 Å². The van der Waals surface area contributed by atoms with E-state index in [1.165, 1.54) is 11.8 Å². The van der Waals surface area contributed by atoms with Crippen molar-refractivity contribution in [1.82, 2.24) is 9.97 Å². The Morgan fingerprint density at radius 3 is 2.76 bits per heavy atom. The van der Waals surface area contributed by atoms with Crippen molar-refractivity contribution in [3.05, 3.63) is 42.1 Å². The molecule has 134 valence electrons. The number of hydrogen-bond donors (Lipinski definition) is 1. The van der Waals surface area contributed by atoms with Crippen molar-refractivity contribution in [1.29, 1.82) is 0 Å². The number of aliphatic hydroxyl groups is 1. The fraction of sp³-hybridized carbons (Fsp3) is 0.444. The van der Waals surface area contributed by atoms with E-state index in [4.69, 9.17) is 9.47 Å². The summed E-state index contributed by atoms with van der Waals surface area (Å²) < 4.78 is 11.0. The molecule has 1 saturated heterocycles. The van der Waals surface area contributed by atoms with Crippen molar-refractivity contribution < 1.29 is 14.6 Å². The Bertz CT molecular complexity index is 666. The molecule has 1 aliphatic rings. The molecule has 1 unspecified atom stereocenters. The quantitative estimate of drug-likeness (QED) is 0.599. The summed E-state index contributed by atoms with van der Waals surface area (Å²) in [5.41, 5.74) is 0.925. The standard InChI is InChI=1S/C18H23N3O3S/c1-14-11-17(21-7-9-23-10-8-21)20-18(19-14)25-13-15(22)12-24-16-5-3-2-4-6-16/h2-6,11,15,22H,7-10,12-13H2,1H3. The molecule has 1 aromatic carbocycles. The molecule has 0 amide bonds. The summed E-state index contributed by atoms with van der Waals surface area (Å²) in [5.74, 6) is 2.17. The Balaban J connectivity index is 1.52. The first-order valence-electron chi connectivity index (χ1n) is 8.38. The molecular weight excluding hydrogens is 338 g/mol. The largest absolute Gasteiger partial charge is 0.491 e. The molecule has 0 bridgehead atoms. The molecular formula is C18H23N3O3S. The Morgan fingerprint density at radius 1 is 1.24 bits per heavy atom. The maximum absolute atomic E-state index is 10.1. The van der Waals surface area contributed by atoms with E-state index in [9.17, 15) is 5.11 Å². The number of aryl methyl sites for hydroxylation is 1. The van der Waals surface area contributed by atoms with Crippen LogP contribution in [0.25, 0.3) is 0 Å². The van der Waals surface area contributed by atoms with Crippen molar-refractivity contribution in [2.75, 3.05) is 43.6 Å². The van der Waals surface area contributed by atoms with Gasteiger partial charge >= 0.3 is 0 Å². The van der Waals surface area contributed by atoms with Crippen LogP contribution in [0.4, 0.5) is 5.82 Å². The average molecular weight is 361 g/mol. The Kier molecular flexibility index (Phi) is 6.49. The van der Waals surface area contributed by atoms with Crippen LogP contribution in [0, 0.1) is 6.92 Å². The normalized spacial score (nSPS) is 15.8. The van der Waals surface area contributed by atoms with Gasteiger partial charge < -0.3 is 19.5 Å². The third-order valence-corrected chi connectivity index (χ3v) is 4.74. The van der Waals surface area contributed by atoms with Gasteiger partial charge in [0.15, 0.2) is 5.16 Å². The van der Waals surface area contributed by atoms with Crippen molar-refractivity contribution in [3.63, 3.8) is 0 Å². The molecule has 0 radical (unpaired) electrons. The molecule has 1 N–H and O–H groups in total. The molecule has 2 aromatic rings. The third kappa shape index (κ3) is 5.59. The van der Waals surface area contributed by atoms with E-state index in [0.717, 1.165) is 43.6 Å². The van der Waals surface area contributed by atoms with Crippen molar-refractivity contribution >= 4 is 17.6 Å². The number of morpholine rings is 1. The molecule has 1 aliphatic heterocycles. The zero-order valence-corrected chi connectivity index (χ0v) is 15.1. The molecule has 1 aromatic heterocycles. The molecule has 2 heterocycles. The fourth-order valence-corrected chi connectivity index (χ4v) is 3.28. The summed E-state index contributed by atoms with van der Waals surface area (Å²) in [6, 6.07) is 11.5. The van der Waals surface area contributed by atoms with E-state index in [2.05, 4.69) is 14.9 Å². The Morgan fingerprint density at radius 2 is 2.00 bits per heavy atom. The van der Waals surface area contributed by atoms with Crippen LogP contribution in [0.3, 0.4) is 0 Å². The van der Waals surface area contributed by atoms with E-state index in [0.29, 0.717) is 10.9 Å². The highest BCUT2D eigenvalue weighted by Crippen LogP contribution is 2.21. The lowest BCUT2D eigenvalue weighted by Gasteiger charge is -2.28. The van der Waals surface area contributed by atoms with Crippen LogP contribution in [-0.2, 0) is 4.74 Å². The molecule has 0 spiro atoms. The summed E-state index contributed by atoms with van der Waals surface area (Å²) in [4.78, 5) is 11.3. The lowest BCUT2D eigenvalue weighted by molar-refractivity contribution is 0.122. The molecule has 6 nitrogen and oxygen atoms in total. The topological polar surface area (TPSA) is 67.7 Å². The Labute approximate surface area is 152 Å². The number of aromatic nitrogens is 2. The average Bonchev–Trinajstić information content (AvgIpc) is 2.66. The van der Waals surface area contributed by atoms with Gasteiger partial charge in [-0.3, -0.25) is 0 Å². The predicted molar refractivity (Wildman–Crippen MR) is 98.5 cm³/mol. The van der Waals surface area contributed by atoms with Gasteiger partial charge in [-0.1, -0.05) is 30.0 Å². The third-order valence-electron chi connectivity index (χ3n) is 3.75. The van der Waals surface area contributed by atoms with Gasteiger partial charge in [0.1, 0.15) is 18.2 Å². The second-order valence-corrected chi connectivity index (χ2v) is 6.83. The molecule has 0 aliphatic carbocycles. The van der Waals surface area contributed by atoms with Gasteiger partial charge in [0.25, 0.3) is 0 Å². The highest BCUT2D eigenvalue weighted by atomic mass is 32.2. The van der Waals surface area contributed by atoms with E-state index in [1.54, 1.807) is 0 Å². The van der Waals surface area contributed by atoms with Crippen LogP contribution >= 0.6 is 11.8 Å². The number of aliphatic hydroxyl groups excluding tert-OH is 1. The monoisotopic (exact) mass is 361 g/mol. The number of thioether (sulfide) groups is 1. The SMILES string of the molecule is Cc1cc(N2CCOCC2)nc(SCC(O)COc2ccccc2)n1. The minimum absolute atomic E-state index is 0.249. The van der Waals surface area contributed by atoms with Crippen LogP contribution in [0.15, 0.2) is 41.6 Å². The number of ether oxygens (including phenoxy) is 2. The van der Waals surface area contributed by atoms with Gasteiger partial charge in [0, 0.05) is 30.6 Å². The number of para-hydroxylation sites is 1. The van der Waals surface area contributed by atoms with Crippen LogP contribution in [-0.4, -0.2) is 59.8 Å². The number of nitrogens with zero attached hydrogens (tertiary/aromatic N) is 3. The molecule has 25 heavy (non-hydrogen) atoms. The molecule has 7 heteroatoms. The Hall–Kier alpha value is -1.83. The maximum Gasteiger partial charge on any atom is 0.189 e. The summed E-state index contributed by atoms with van der Waals surface area (Å²) in [6.45, 7) is 5.34. The van der Waals surface area contributed by atoms with Crippen LogP contribution in [0.1, 0.15) is 5.69 Å². The van der Waals surface area contributed by atoms with Gasteiger partial charge in [-0.05, 0) is 19.1 Å².